The monoisotopic (exact) mass is 299 g/mol. The molecule has 0 saturated carbocycles. The summed E-state index contributed by atoms with van der Waals surface area (Å²) in [4.78, 5) is 8.61. The largest absolute Gasteiger partial charge is 0.453 e. The first-order chi connectivity index (χ1) is 10.1. The lowest BCUT2D eigenvalue weighted by Crippen LogP contribution is -2.06. The van der Waals surface area contributed by atoms with Gasteiger partial charge in [-0.3, -0.25) is 9.97 Å². The molecular formula is C16H14ClN3O. The second kappa shape index (κ2) is 5.68. The number of fused-ring (bicyclic) bond motifs is 1. The van der Waals surface area contributed by atoms with E-state index in [-0.39, 0.29) is 6.04 Å². The van der Waals surface area contributed by atoms with Crippen molar-refractivity contribution in [2.75, 3.05) is 0 Å². The molecule has 0 amide bonds. The molecule has 0 fully saturated rings. The Hall–Kier alpha value is -2.17. The van der Waals surface area contributed by atoms with Crippen LogP contribution in [0.1, 0.15) is 18.7 Å². The van der Waals surface area contributed by atoms with Crippen LogP contribution in [0, 0.1) is 0 Å². The van der Waals surface area contributed by atoms with Crippen LogP contribution < -0.4 is 10.5 Å². The zero-order valence-electron chi connectivity index (χ0n) is 11.5. The number of nitrogens with zero attached hydrogens (tertiary/aromatic N) is 2. The van der Waals surface area contributed by atoms with E-state index >= 15 is 0 Å². The summed E-state index contributed by atoms with van der Waals surface area (Å²) < 4.78 is 5.86. The van der Waals surface area contributed by atoms with E-state index in [2.05, 4.69) is 9.97 Å². The van der Waals surface area contributed by atoms with Gasteiger partial charge in [-0.25, -0.2) is 0 Å². The van der Waals surface area contributed by atoms with E-state index < -0.39 is 0 Å². The molecule has 3 aromatic rings. The van der Waals surface area contributed by atoms with E-state index in [1.807, 2.05) is 31.2 Å². The Labute approximate surface area is 127 Å². The number of hydrogen-bond donors (Lipinski definition) is 1. The van der Waals surface area contributed by atoms with Crippen molar-refractivity contribution in [2.24, 2.45) is 5.73 Å². The van der Waals surface area contributed by atoms with E-state index in [0.29, 0.717) is 16.5 Å². The molecule has 2 heterocycles. The molecule has 3 rings (SSSR count). The maximum absolute atomic E-state index is 6.17. The van der Waals surface area contributed by atoms with Crippen LogP contribution in [0.2, 0.25) is 5.02 Å². The van der Waals surface area contributed by atoms with Crippen molar-refractivity contribution in [3.8, 4) is 11.5 Å². The highest BCUT2D eigenvalue weighted by Gasteiger charge is 2.08. The summed E-state index contributed by atoms with van der Waals surface area (Å²) >= 11 is 6.17. The molecule has 4 nitrogen and oxygen atoms in total. The van der Waals surface area contributed by atoms with Crippen molar-refractivity contribution in [2.45, 2.75) is 13.0 Å². The van der Waals surface area contributed by atoms with Gasteiger partial charge >= 0.3 is 0 Å². The van der Waals surface area contributed by atoms with Crippen molar-refractivity contribution < 1.29 is 4.74 Å². The number of ether oxygens (including phenoxy) is 1. The smallest absolute Gasteiger partial charge is 0.153 e. The summed E-state index contributed by atoms with van der Waals surface area (Å²) in [6.45, 7) is 1.89. The SMILES string of the molecule is C[C@H](N)c1ccc(Oc2ccc(Cl)c3cccnc23)cn1. The lowest BCUT2D eigenvalue weighted by molar-refractivity contribution is 0.484. The zero-order chi connectivity index (χ0) is 14.8. The predicted octanol–water partition coefficient (Wildman–Crippen LogP) is 4.10. The summed E-state index contributed by atoms with van der Waals surface area (Å²) in [6.07, 6.45) is 3.37. The van der Waals surface area contributed by atoms with Gasteiger partial charge in [0.2, 0.25) is 0 Å². The minimum atomic E-state index is -0.0999. The number of aromatic nitrogens is 2. The minimum Gasteiger partial charge on any atom is -0.453 e. The molecule has 0 saturated heterocycles. The summed E-state index contributed by atoms with van der Waals surface area (Å²) in [5.74, 6) is 1.28. The molecule has 1 aromatic carbocycles. The Morgan fingerprint density at radius 3 is 2.71 bits per heavy atom. The average Bonchev–Trinajstić information content (AvgIpc) is 2.51. The molecule has 0 aliphatic heterocycles. The Bertz CT molecular complexity index is 772. The van der Waals surface area contributed by atoms with Crippen LogP contribution in [-0.2, 0) is 0 Å². The van der Waals surface area contributed by atoms with Crippen molar-refractivity contribution in [1.29, 1.82) is 0 Å². The molecule has 1 atom stereocenters. The number of benzene rings is 1. The number of halogens is 1. The van der Waals surface area contributed by atoms with Gasteiger partial charge in [0.15, 0.2) is 5.75 Å². The number of nitrogens with two attached hydrogens (primary N) is 1. The fraction of sp³-hybridized carbons (Fsp3) is 0.125. The van der Waals surface area contributed by atoms with Crippen LogP contribution in [0.5, 0.6) is 11.5 Å². The fourth-order valence-electron chi connectivity index (χ4n) is 2.04. The van der Waals surface area contributed by atoms with Crippen LogP contribution in [0.4, 0.5) is 0 Å². The molecule has 2 aromatic heterocycles. The summed E-state index contributed by atoms with van der Waals surface area (Å²) in [6, 6.07) is 11.0. The van der Waals surface area contributed by atoms with Gasteiger partial charge in [-0.15, -0.1) is 0 Å². The van der Waals surface area contributed by atoms with Crippen LogP contribution in [0.3, 0.4) is 0 Å². The van der Waals surface area contributed by atoms with Gasteiger partial charge in [0.25, 0.3) is 0 Å². The summed E-state index contributed by atoms with van der Waals surface area (Å²) in [5.41, 5.74) is 7.32. The Morgan fingerprint density at radius 2 is 2.00 bits per heavy atom. The van der Waals surface area contributed by atoms with Crippen LogP contribution in [-0.4, -0.2) is 9.97 Å². The minimum absolute atomic E-state index is 0.0999. The molecule has 0 spiro atoms. The molecule has 21 heavy (non-hydrogen) atoms. The molecular weight excluding hydrogens is 286 g/mol. The van der Waals surface area contributed by atoms with E-state index in [1.165, 1.54) is 0 Å². The maximum Gasteiger partial charge on any atom is 0.153 e. The summed E-state index contributed by atoms with van der Waals surface area (Å²) in [7, 11) is 0. The Kier molecular flexibility index (Phi) is 3.73. The highest BCUT2D eigenvalue weighted by Crippen LogP contribution is 2.32. The third-order valence-electron chi connectivity index (χ3n) is 3.13. The maximum atomic E-state index is 6.17. The third-order valence-corrected chi connectivity index (χ3v) is 3.46. The van der Waals surface area contributed by atoms with Gasteiger partial charge in [0.05, 0.1) is 16.9 Å². The fourth-order valence-corrected chi connectivity index (χ4v) is 2.26. The van der Waals surface area contributed by atoms with Crippen molar-refractivity contribution in [1.82, 2.24) is 9.97 Å². The molecule has 0 radical (unpaired) electrons. The topological polar surface area (TPSA) is 61.0 Å². The van der Waals surface area contributed by atoms with Crippen LogP contribution in [0.25, 0.3) is 10.9 Å². The highest BCUT2D eigenvalue weighted by molar-refractivity contribution is 6.35. The van der Waals surface area contributed by atoms with Crippen LogP contribution in [0.15, 0.2) is 48.8 Å². The number of pyridine rings is 2. The molecule has 0 bridgehead atoms. The average molecular weight is 300 g/mol. The molecule has 5 heteroatoms. The molecule has 0 unspecified atom stereocenters. The first-order valence-corrected chi connectivity index (χ1v) is 6.95. The lowest BCUT2D eigenvalue weighted by atomic mass is 10.2. The van der Waals surface area contributed by atoms with E-state index in [0.717, 1.165) is 16.6 Å². The second-order valence-electron chi connectivity index (χ2n) is 4.75. The molecule has 106 valence electrons. The summed E-state index contributed by atoms with van der Waals surface area (Å²) in [5, 5.41) is 1.51. The lowest BCUT2D eigenvalue weighted by Gasteiger charge is -2.10. The van der Waals surface area contributed by atoms with E-state index in [9.17, 15) is 0 Å². The number of rotatable bonds is 3. The van der Waals surface area contributed by atoms with Gasteiger partial charge < -0.3 is 10.5 Å². The Balaban J connectivity index is 1.96. The van der Waals surface area contributed by atoms with Crippen LogP contribution >= 0.6 is 11.6 Å². The van der Waals surface area contributed by atoms with Crippen molar-refractivity contribution in [3.05, 3.63) is 59.5 Å². The second-order valence-corrected chi connectivity index (χ2v) is 5.16. The van der Waals surface area contributed by atoms with Gasteiger partial charge in [-0.2, -0.15) is 0 Å². The molecule has 0 aliphatic carbocycles. The molecule has 0 aliphatic rings. The molecule has 2 N–H and O–H groups in total. The van der Waals surface area contributed by atoms with Gasteiger partial charge in [0, 0.05) is 17.6 Å². The highest BCUT2D eigenvalue weighted by atomic mass is 35.5. The predicted molar refractivity (Wildman–Crippen MR) is 83.7 cm³/mol. The van der Waals surface area contributed by atoms with Gasteiger partial charge in [-0.05, 0) is 43.3 Å². The van der Waals surface area contributed by atoms with E-state index in [1.54, 1.807) is 24.5 Å². The van der Waals surface area contributed by atoms with Crippen molar-refractivity contribution in [3.63, 3.8) is 0 Å². The van der Waals surface area contributed by atoms with E-state index in [4.69, 9.17) is 22.1 Å². The third kappa shape index (κ3) is 2.82. The number of hydrogen-bond acceptors (Lipinski definition) is 4. The standard InChI is InChI=1S/C16H14ClN3O/c1-10(18)14-6-4-11(9-20-14)21-15-7-5-13(17)12-3-2-8-19-16(12)15/h2-10H,18H2,1H3/t10-/m0/s1. The van der Waals surface area contributed by atoms with Gasteiger partial charge in [-0.1, -0.05) is 11.6 Å². The normalized spacial score (nSPS) is 12.3. The first kappa shape index (κ1) is 13.8. The quantitative estimate of drug-likeness (QED) is 0.791. The van der Waals surface area contributed by atoms with Crippen molar-refractivity contribution >= 4 is 22.5 Å². The first-order valence-electron chi connectivity index (χ1n) is 6.58. The zero-order valence-corrected chi connectivity index (χ0v) is 12.2. The van der Waals surface area contributed by atoms with Gasteiger partial charge in [0.1, 0.15) is 11.3 Å². The Morgan fingerprint density at radius 1 is 1.14 bits per heavy atom.